The number of ether oxygens (including phenoxy) is 2. The van der Waals surface area contributed by atoms with E-state index in [1.165, 1.54) is 25.3 Å². The lowest BCUT2D eigenvalue weighted by Crippen LogP contribution is -2.11. The third kappa shape index (κ3) is 4.84. The first-order valence-electron chi connectivity index (χ1n) is 6.50. The summed E-state index contributed by atoms with van der Waals surface area (Å²) in [5, 5.41) is 9.48. The molecule has 1 heterocycles. The van der Waals surface area contributed by atoms with Gasteiger partial charge in [0.15, 0.2) is 18.1 Å². The van der Waals surface area contributed by atoms with Gasteiger partial charge in [0.25, 0.3) is 0 Å². The van der Waals surface area contributed by atoms with Gasteiger partial charge in [-0.15, -0.1) is 11.3 Å². The first-order valence-corrected chi connectivity index (χ1v) is 7.69. The van der Waals surface area contributed by atoms with E-state index in [1.807, 2.05) is 0 Å². The Morgan fingerprint density at radius 2 is 2.09 bits per heavy atom. The smallest absolute Gasteiger partial charge is 0.331 e. The van der Waals surface area contributed by atoms with Gasteiger partial charge in [-0.05, 0) is 35.9 Å². The second kappa shape index (κ2) is 7.80. The zero-order valence-electron chi connectivity index (χ0n) is 12.1. The number of carbonyl (C=O) groups is 2. The molecule has 0 amide bonds. The Kier molecular flexibility index (Phi) is 5.78. The number of rotatable bonds is 6. The molecular weight excluding hydrogens is 340 g/mol. The number of hydrogen-bond acceptors (Lipinski definition) is 6. The van der Waals surface area contributed by atoms with Gasteiger partial charge >= 0.3 is 5.97 Å². The van der Waals surface area contributed by atoms with Crippen molar-refractivity contribution in [2.24, 2.45) is 0 Å². The molecule has 5 nitrogen and oxygen atoms in total. The van der Waals surface area contributed by atoms with Crippen LogP contribution in [0, 0.1) is 0 Å². The van der Waals surface area contributed by atoms with E-state index in [0.29, 0.717) is 20.5 Å². The van der Waals surface area contributed by atoms with Crippen molar-refractivity contribution in [1.82, 2.24) is 0 Å². The second-order valence-corrected chi connectivity index (χ2v) is 6.11. The van der Waals surface area contributed by atoms with Crippen LogP contribution >= 0.6 is 22.9 Å². The van der Waals surface area contributed by atoms with Gasteiger partial charge in [-0.2, -0.15) is 0 Å². The lowest BCUT2D eigenvalue weighted by atomic mass is 10.2. The fourth-order valence-corrected chi connectivity index (χ4v) is 2.65. The van der Waals surface area contributed by atoms with Gasteiger partial charge < -0.3 is 14.6 Å². The molecule has 0 aliphatic rings. The average molecular weight is 353 g/mol. The number of methoxy groups -OCH3 is 1. The van der Waals surface area contributed by atoms with Gasteiger partial charge in [0.2, 0.25) is 5.78 Å². The van der Waals surface area contributed by atoms with Gasteiger partial charge in [0.1, 0.15) is 0 Å². The summed E-state index contributed by atoms with van der Waals surface area (Å²) in [5.74, 6) is -0.652. The van der Waals surface area contributed by atoms with Crippen molar-refractivity contribution < 1.29 is 24.2 Å². The zero-order chi connectivity index (χ0) is 16.8. The lowest BCUT2D eigenvalue weighted by Gasteiger charge is -2.03. The first kappa shape index (κ1) is 17.1. The van der Waals surface area contributed by atoms with E-state index in [-0.39, 0.29) is 18.1 Å². The number of hydrogen-bond donors (Lipinski definition) is 1. The fourth-order valence-electron chi connectivity index (χ4n) is 1.68. The van der Waals surface area contributed by atoms with E-state index in [0.717, 1.165) is 11.3 Å². The van der Waals surface area contributed by atoms with Gasteiger partial charge in [-0.25, -0.2) is 4.79 Å². The molecule has 1 aromatic carbocycles. The molecule has 0 saturated heterocycles. The van der Waals surface area contributed by atoms with Crippen LogP contribution < -0.4 is 4.74 Å². The molecule has 0 saturated carbocycles. The molecular formula is C16H13ClO5S. The van der Waals surface area contributed by atoms with Crippen LogP contribution in [0.2, 0.25) is 4.34 Å². The monoisotopic (exact) mass is 352 g/mol. The Morgan fingerprint density at radius 1 is 1.30 bits per heavy atom. The number of halogens is 1. The highest BCUT2D eigenvalue weighted by atomic mass is 35.5. The highest BCUT2D eigenvalue weighted by Crippen LogP contribution is 2.26. The molecule has 0 aliphatic heterocycles. The number of thiophene rings is 1. The zero-order valence-corrected chi connectivity index (χ0v) is 13.7. The topological polar surface area (TPSA) is 72.8 Å². The summed E-state index contributed by atoms with van der Waals surface area (Å²) < 4.78 is 10.3. The van der Waals surface area contributed by atoms with Crippen LogP contribution in [0.3, 0.4) is 0 Å². The van der Waals surface area contributed by atoms with Gasteiger partial charge in [0, 0.05) is 6.08 Å². The van der Waals surface area contributed by atoms with E-state index in [2.05, 4.69) is 0 Å². The van der Waals surface area contributed by atoms with Crippen molar-refractivity contribution in [2.75, 3.05) is 13.7 Å². The summed E-state index contributed by atoms with van der Waals surface area (Å²) >= 11 is 6.87. The number of esters is 1. The maximum Gasteiger partial charge on any atom is 0.331 e. The molecule has 1 N–H and O–H groups in total. The predicted molar refractivity (Wildman–Crippen MR) is 88.3 cm³/mol. The maximum atomic E-state index is 11.8. The van der Waals surface area contributed by atoms with Gasteiger partial charge in [-0.3, -0.25) is 4.79 Å². The molecule has 0 spiro atoms. The van der Waals surface area contributed by atoms with Crippen LogP contribution in [0.1, 0.15) is 15.2 Å². The molecule has 7 heteroatoms. The summed E-state index contributed by atoms with van der Waals surface area (Å²) in [4.78, 5) is 23.8. The van der Waals surface area contributed by atoms with Crippen LogP contribution in [-0.2, 0) is 9.53 Å². The highest BCUT2D eigenvalue weighted by Gasteiger charge is 2.11. The van der Waals surface area contributed by atoms with Crippen molar-refractivity contribution in [3.63, 3.8) is 0 Å². The maximum absolute atomic E-state index is 11.8. The number of phenols is 1. The SMILES string of the molecule is COc1cc(C=CC(=O)OCC(=O)c2ccc(Cl)s2)ccc1O. The van der Waals surface area contributed by atoms with Crippen molar-refractivity contribution in [3.8, 4) is 11.5 Å². The molecule has 23 heavy (non-hydrogen) atoms. The molecule has 120 valence electrons. The summed E-state index contributed by atoms with van der Waals surface area (Å²) in [5.41, 5.74) is 0.646. The van der Waals surface area contributed by atoms with Crippen molar-refractivity contribution in [2.45, 2.75) is 0 Å². The Balaban J connectivity index is 1.90. The number of phenolic OH excluding ortho intramolecular Hbond substituents is 1. The summed E-state index contributed by atoms with van der Waals surface area (Å²) in [7, 11) is 1.43. The number of benzene rings is 1. The number of Topliss-reactive ketones (excluding diaryl/α,β-unsaturated/α-hetero) is 1. The van der Waals surface area contributed by atoms with Gasteiger partial charge in [-0.1, -0.05) is 17.7 Å². The van der Waals surface area contributed by atoms with E-state index < -0.39 is 5.97 Å². The molecule has 0 atom stereocenters. The minimum Gasteiger partial charge on any atom is -0.504 e. The number of aromatic hydroxyl groups is 1. The normalized spacial score (nSPS) is 10.7. The lowest BCUT2D eigenvalue weighted by molar-refractivity contribution is -0.136. The van der Waals surface area contributed by atoms with Crippen LogP contribution in [0.5, 0.6) is 11.5 Å². The Bertz CT molecular complexity index is 751. The van der Waals surface area contributed by atoms with E-state index in [4.69, 9.17) is 21.1 Å². The Hall–Kier alpha value is -2.31. The third-order valence-corrected chi connectivity index (χ3v) is 4.08. The van der Waals surface area contributed by atoms with E-state index >= 15 is 0 Å². The minimum absolute atomic E-state index is 0.00688. The quantitative estimate of drug-likeness (QED) is 0.489. The summed E-state index contributed by atoms with van der Waals surface area (Å²) in [6, 6.07) is 7.83. The van der Waals surface area contributed by atoms with Gasteiger partial charge in [0.05, 0.1) is 16.3 Å². The fraction of sp³-hybridized carbons (Fsp3) is 0.125. The molecule has 0 aliphatic carbocycles. The molecule has 0 radical (unpaired) electrons. The summed E-state index contributed by atoms with van der Waals surface area (Å²) in [6.45, 7) is -0.348. The largest absolute Gasteiger partial charge is 0.504 e. The Morgan fingerprint density at radius 3 is 2.74 bits per heavy atom. The van der Waals surface area contributed by atoms with Crippen LogP contribution in [0.15, 0.2) is 36.4 Å². The third-order valence-electron chi connectivity index (χ3n) is 2.81. The average Bonchev–Trinajstić information content (AvgIpc) is 2.98. The Labute approximate surface area is 141 Å². The standard InChI is InChI=1S/C16H13ClO5S/c1-21-13-8-10(2-4-11(13)18)3-7-16(20)22-9-12(19)14-5-6-15(17)23-14/h2-8,18H,9H2,1H3. The van der Waals surface area contributed by atoms with Crippen molar-refractivity contribution in [1.29, 1.82) is 0 Å². The van der Waals surface area contributed by atoms with Crippen LogP contribution in [-0.4, -0.2) is 30.6 Å². The minimum atomic E-state index is -0.645. The van der Waals surface area contributed by atoms with Crippen molar-refractivity contribution >= 4 is 40.8 Å². The summed E-state index contributed by atoms with van der Waals surface area (Å²) in [6.07, 6.45) is 2.69. The molecule has 2 rings (SSSR count). The second-order valence-electron chi connectivity index (χ2n) is 4.40. The molecule has 0 unspecified atom stereocenters. The number of ketones is 1. The predicted octanol–water partition coefficient (Wildman–Crippen LogP) is 3.56. The molecule has 2 aromatic rings. The van der Waals surface area contributed by atoms with E-state index in [9.17, 15) is 14.7 Å². The number of carbonyl (C=O) groups excluding carboxylic acids is 2. The van der Waals surface area contributed by atoms with Crippen LogP contribution in [0.4, 0.5) is 0 Å². The van der Waals surface area contributed by atoms with E-state index in [1.54, 1.807) is 24.3 Å². The molecule has 0 bridgehead atoms. The molecule has 0 fully saturated rings. The van der Waals surface area contributed by atoms with Crippen molar-refractivity contribution in [3.05, 3.63) is 51.2 Å². The molecule has 1 aromatic heterocycles. The first-order chi connectivity index (χ1) is 11.0. The van der Waals surface area contributed by atoms with Crippen LogP contribution in [0.25, 0.3) is 6.08 Å². The highest BCUT2D eigenvalue weighted by molar-refractivity contribution is 7.18.